The van der Waals surface area contributed by atoms with Gasteiger partial charge in [0.15, 0.2) is 0 Å². The zero-order chi connectivity index (χ0) is 36.1. The number of carbonyl (C=O) groups excluding carboxylic acids is 2. The van der Waals surface area contributed by atoms with Crippen molar-refractivity contribution in [3.8, 4) is 33.6 Å². The fourth-order valence-electron chi connectivity index (χ4n) is 7.75. The third kappa shape index (κ3) is 7.28. The van der Waals surface area contributed by atoms with Crippen LogP contribution < -0.4 is 0 Å². The van der Waals surface area contributed by atoms with Crippen LogP contribution in [0, 0.1) is 0 Å². The number of hydrogen-bond acceptors (Lipinski definition) is 6. The molecule has 0 radical (unpaired) electrons. The molecule has 2 atom stereocenters. The summed E-state index contributed by atoms with van der Waals surface area (Å²) in [5.74, 6) is 1.68. The van der Waals surface area contributed by atoms with Crippen LogP contribution in [0.1, 0.15) is 121 Å². The van der Waals surface area contributed by atoms with Crippen molar-refractivity contribution in [2.75, 3.05) is 13.1 Å². The average molecular weight is 693 g/mol. The van der Waals surface area contributed by atoms with Crippen molar-refractivity contribution in [1.82, 2.24) is 29.7 Å². The maximum atomic E-state index is 13.0. The summed E-state index contributed by atoms with van der Waals surface area (Å²) in [6.45, 7) is 14.9. The molecule has 2 fully saturated rings. The Kier molecular flexibility index (Phi) is 9.23. The van der Waals surface area contributed by atoms with E-state index in [2.05, 4.69) is 59.4 Å². The summed E-state index contributed by atoms with van der Waals surface area (Å²) in [7, 11) is 0. The minimum Gasteiger partial charge on any atom is -0.444 e. The van der Waals surface area contributed by atoms with Gasteiger partial charge < -0.3 is 19.4 Å². The molecule has 2 N–H and O–H groups in total. The molecule has 2 aromatic heterocycles. The molecule has 4 aromatic rings. The number of aryl methyl sites for hydroxylation is 3. The Morgan fingerprint density at radius 2 is 1.31 bits per heavy atom. The maximum absolute atomic E-state index is 13.0. The van der Waals surface area contributed by atoms with Crippen LogP contribution in [-0.2, 0) is 28.7 Å². The Balaban J connectivity index is 1.11. The zero-order valence-electron chi connectivity index (χ0n) is 31.2. The van der Waals surface area contributed by atoms with Gasteiger partial charge in [-0.3, -0.25) is 9.80 Å². The zero-order valence-corrected chi connectivity index (χ0v) is 31.2. The summed E-state index contributed by atoms with van der Waals surface area (Å²) in [4.78, 5) is 47.0. The number of nitrogens with zero attached hydrogens (tertiary/aromatic N) is 4. The lowest BCUT2D eigenvalue weighted by atomic mass is 9.95. The van der Waals surface area contributed by atoms with Crippen LogP contribution in [0.2, 0.25) is 0 Å². The minimum atomic E-state index is -0.542. The number of amides is 2. The maximum Gasteiger partial charge on any atom is 0.410 e. The summed E-state index contributed by atoms with van der Waals surface area (Å²) < 4.78 is 11.4. The summed E-state index contributed by atoms with van der Waals surface area (Å²) in [6, 6.07) is 15.2. The number of benzene rings is 2. The lowest BCUT2D eigenvalue weighted by Crippen LogP contribution is -2.36. The number of H-pyrrole nitrogens is 2. The first-order valence-corrected chi connectivity index (χ1v) is 18.7. The molecular formula is C41H52N6O4. The Labute approximate surface area is 301 Å². The Hall–Kier alpha value is -4.60. The lowest BCUT2D eigenvalue weighted by molar-refractivity contribution is 0.0208. The Bertz CT molecular complexity index is 1910. The van der Waals surface area contributed by atoms with E-state index in [1.165, 1.54) is 11.1 Å². The quantitative estimate of drug-likeness (QED) is 0.215. The van der Waals surface area contributed by atoms with E-state index >= 15 is 0 Å². The Morgan fingerprint density at radius 3 is 1.90 bits per heavy atom. The second-order valence-corrected chi connectivity index (χ2v) is 16.2. The average Bonchev–Trinajstić information content (AvgIpc) is 3.88. The summed E-state index contributed by atoms with van der Waals surface area (Å²) in [5.41, 5.74) is 8.93. The topological polar surface area (TPSA) is 116 Å². The monoisotopic (exact) mass is 692 g/mol. The van der Waals surface area contributed by atoms with Crippen LogP contribution in [0.25, 0.3) is 33.6 Å². The normalized spacial score (nSPS) is 19.1. The highest BCUT2D eigenvalue weighted by atomic mass is 16.6. The summed E-state index contributed by atoms with van der Waals surface area (Å²) in [6.07, 6.45) is 6.74. The van der Waals surface area contributed by atoms with Crippen molar-refractivity contribution in [3.05, 3.63) is 71.1 Å². The number of fused-ring (bicyclic) bond motifs is 3. The minimum absolute atomic E-state index is 0.103. The highest BCUT2D eigenvalue weighted by Crippen LogP contribution is 2.39. The van der Waals surface area contributed by atoms with E-state index in [4.69, 9.17) is 19.4 Å². The third-order valence-corrected chi connectivity index (χ3v) is 10.1. The Morgan fingerprint density at radius 1 is 0.745 bits per heavy atom. The number of ether oxygens (including phenoxy) is 2. The number of hydrogen-bond donors (Lipinski definition) is 2. The molecule has 4 heterocycles. The van der Waals surface area contributed by atoms with Gasteiger partial charge >= 0.3 is 12.2 Å². The van der Waals surface area contributed by atoms with E-state index in [0.717, 1.165) is 102 Å². The van der Waals surface area contributed by atoms with Gasteiger partial charge in [0, 0.05) is 24.3 Å². The van der Waals surface area contributed by atoms with Crippen LogP contribution >= 0.6 is 0 Å². The molecule has 0 unspecified atom stereocenters. The van der Waals surface area contributed by atoms with Gasteiger partial charge in [-0.1, -0.05) is 49.4 Å². The highest BCUT2D eigenvalue weighted by Gasteiger charge is 2.37. The van der Waals surface area contributed by atoms with Gasteiger partial charge in [-0.2, -0.15) is 0 Å². The first kappa shape index (κ1) is 34.8. The molecule has 0 saturated carbocycles. The predicted molar refractivity (Wildman–Crippen MR) is 198 cm³/mol. The predicted octanol–water partition coefficient (Wildman–Crippen LogP) is 9.33. The van der Waals surface area contributed by atoms with E-state index in [1.807, 2.05) is 51.3 Å². The second-order valence-electron chi connectivity index (χ2n) is 16.2. The van der Waals surface area contributed by atoms with Crippen LogP contribution in [0.15, 0.2) is 42.5 Å². The van der Waals surface area contributed by atoms with Crippen molar-refractivity contribution < 1.29 is 19.1 Å². The molecule has 0 spiro atoms. The van der Waals surface area contributed by atoms with Crippen molar-refractivity contribution in [3.63, 3.8) is 0 Å². The smallest absolute Gasteiger partial charge is 0.410 e. The van der Waals surface area contributed by atoms with Crippen molar-refractivity contribution in [2.24, 2.45) is 0 Å². The van der Waals surface area contributed by atoms with Gasteiger partial charge in [0.2, 0.25) is 0 Å². The van der Waals surface area contributed by atoms with E-state index < -0.39 is 11.2 Å². The number of likely N-dealkylation sites (tertiary alicyclic amines) is 2. The summed E-state index contributed by atoms with van der Waals surface area (Å²) >= 11 is 0. The third-order valence-electron chi connectivity index (χ3n) is 10.1. The molecule has 0 bridgehead atoms. The molecular weight excluding hydrogens is 640 g/mol. The molecule has 2 saturated heterocycles. The number of carbonyl (C=O) groups is 2. The highest BCUT2D eigenvalue weighted by molar-refractivity contribution is 5.76. The number of nitrogens with one attached hydrogen (secondary N) is 2. The van der Waals surface area contributed by atoms with Gasteiger partial charge in [0.05, 0.1) is 29.2 Å². The molecule has 7 rings (SSSR count). The number of aromatic amines is 2. The molecule has 270 valence electrons. The van der Waals surface area contributed by atoms with Crippen LogP contribution in [0.5, 0.6) is 0 Å². The molecule has 3 aliphatic rings. The fraction of sp³-hybridized carbons (Fsp3) is 0.512. The number of aromatic nitrogens is 4. The molecule has 51 heavy (non-hydrogen) atoms. The molecule has 2 aromatic carbocycles. The van der Waals surface area contributed by atoms with Gasteiger partial charge in [-0.05, 0) is 115 Å². The van der Waals surface area contributed by atoms with Crippen LogP contribution in [-0.4, -0.2) is 66.2 Å². The van der Waals surface area contributed by atoms with Crippen molar-refractivity contribution >= 4 is 12.2 Å². The number of rotatable bonds is 5. The lowest BCUT2D eigenvalue weighted by Gasteiger charge is -2.27. The van der Waals surface area contributed by atoms with E-state index in [1.54, 1.807) is 0 Å². The molecule has 2 amide bonds. The number of imidazole rings is 2. The molecule has 2 aliphatic heterocycles. The van der Waals surface area contributed by atoms with Crippen LogP contribution in [0.4, 0.5) is 9.59 Å². The van der Waals surface area contributed by atoms with Crippen molar-refractivity contribution in [1.29, 1.82) is 0 Å². The molecule has 1 aliphatic carbocycles. The SMILES string of the molecule is CCc1nc([C@@H]2CCCN2C(=O)OC(C)(C)C)[nH]c1-c1ccc(-c2ccc3c(c2)CCCc2[nH]c([C@@H]4CCCN4C(=O)OC(C)(C)C)nc2-3)cc1. The summed E-state index contributed by atoms with van der Waals surface area (Å²) in [5, 5.41) is 0. The fourth-order valence-corrected chi connectivity index (χ4v) is 7.75. The van der Waals surface area contributed by atoms with Gasteiger partial charge in [0.25, 0.3) is 0 Å². The molecule has 10 heteroatoms. The first-order valence-electron chi connectivity index (χ1n) is 18.7. The van der Waals surface area contributed by atoms with Gasteiger partial charge in [-0.25, -0.2) is 19.6 Å². The van der Waals surface area contributed by atoms with Crippen molar-refractivity contribution in [2.45, 2.75) is 123 Å². The van der Waals surface area contributed by atoms with Gasteiger partial charge in [0.1, 0.15) is 22.9 Å². The largest absolute Gasteiger partial charge is 0.444 e. The van der Waals surface area contributed by atoms with E-state index in [0.29, 0.717) is 13.1 Å². The van der Waals surface area contributed by atoms with Crippen LogP contribution in [0.3, 0.4) is 0 Å². The molecule has 10 nitrogen and oxygen atoms in total. The second kappa shape index (κ2) is 13.5. The van der Waals surface area contributed by atoms with E-state index in [-0.39, 0.29) is 24.3 Å². The van der Waals surface area contributed by atoms with Gasteiger partial charge in [-0.15, -0.1) is 0 Å². The van der Waals surface area contributed by atoms with E-state index in [9.17, 15) is 9.59 Å². The first-order chi connectivity index (χ1) is 24.3. The standard InChI is InChI=1S/C41H52N6O4/c1-8-30-34(44-36(42-30)32-14-10-22-46(32)38(48)50-40(2,3)4)26-18-16-25(17-19-26)27-20-21-29-28(24-27)12-9-13-31-35(29)45-37(43-31)33-15-11-23-47(33)39(49)51-41(5,6)7/h16-21,24,32-33H,8-15,22-23H2,1-7H3,(H,42,44)(H,43,45)/t32-,33-/m0/s1.